The number of hydrogen-bond donors (Lipinski definition) is 0. The molecule has 0 bridgehead atoms. The third kappa shape index (κ3) is 3.29. The minimum absolute atomic E-state index is 0.385. The van der Waals surface area contributed by atoms with Gasteiger partial charge in [0.2, 0.25) is 0 Å². The number of aromatic nitrogens is 2. The second-order valence-corrected chi connectivity index (χ2v) is 7.77. The van der Waals surface area contributed by atoms with Crippen LogP contribution in [0, 0.1) is 6.92 Å². The second kappa shape index (κ2) is 5.68. The molecule has 4 nitrogen and oxygen atoms in total. The third-order valence-corrected chi connectivity index (χ3v) is 4.33. The Morgan fingerprint density at radius 3 is 2.60 bits per heavy atom. The Kier molecular flexibility index (Phi) is 4.32. The number of halogens is 1. The minimum atomic E-state index is -1.30. The van der Waals surface area contributed by atoms with Crippen molar-refractivity contribution >= 4 is 39.9 Å². The van der Waals surface area contributed by atoms with E-state index in [2.05, 4.69) is 14.4 Å². The van der Waals surface area contributed by atoms with Gasteiger partial charge in [0.25, 0.3) is 0 Å². The van der Waals surface area contributed by atoms with Crippen LogP contribution < -0.4 is 0 Å². The van der Waals surface area contributed by atoms with Gasteiger partial charge in [-0.3, -0.25) is 4.98 Å². The lowest BCUT2D eigenvalue weighted by molar-refractivity contribution is 0.562. The molecule has 0 aliphatic carbocycles. The topological polar surface area (TPSA) is 61.2 Å². The summed E-state index contributed by atoms with van der Waals surface area (Å²) in [6, 6.07) is 1.77. The lowest BCUT2D eigenvalue weighted by Crippen LogP contribution is -2.25. The summed E-state index contributed by atoms with van der Waals surface area (Å²) in [5.74, 6) is 0. The van der Waals surface area contributed by atoms with Crippen LogP contribution in [0.3, 0.4) is 0 Å². The van der Waals surface area contributed by atoms with Crippen molar-refractivity contribution < 1.29 is 4.55 Å². The van der Waals surface area contributed by atoms with Gasteiger partial charge in [0.05, 0.1) is 6.21 Å². The van der Waals surface area contributed by atoms with E-state index in [-0.39, 0.29) is 4.75 Å². The van der Waals surface area contributed by atoms with Gasteiger partial charge in [-0.05, 0) is 39.1 Å². The molecule has 20 heavy (non-hydrogen) atoms. The SMILES string of the molecule is Cc1ncc(C=N[S@@+]([O-])C(C)(C)C)c2cc(Cl)ncc12. The number of fused-ring (bicyclic) bond motifs is 1. The van der Waals surface area contributed by atoms with Gasteiger partial charge in [-0.2, -0.15) is 0 Å². The molecule has 2 rings (SSSR count). The average Bonchev–Trinajstić information content (AvgIpc) is 2.36. The Balaban J connectivity index is 2.48. The highest BCUT2D eigenvalue weighted by atomic mass is 35.5. The van der Waals surface area contributed by atoms with Crippen LogP contribution in [0.15, 0.2) is 22.9 Å². The third-order valence-electron chi connectivity index (χ3n) is 2.78. The van der Waals surface area contributed by atoms with E-state index in [0.717, 1.165) is 22.0 Å². The lowest BCUT2D eigenvalue weighted by atomic mass is 10.1. The molecule has 0 fully saturated rings. The second-order valence-electron chi connectivity index (χ2n) is 5.45. The van der Waals surface area contributed by atoms with E-state index >= 15 is 0 Å². The molecule has 2 heterocycles. The molecular weight excluding hydrogens is 294 g/mol. The zero-order chi connectivity index (χ0) is 14.9. The van der Waals surface area contributed by atoms with Gasteiger partial charge in [-0.15, -0.1) is 0 Å². The molecule has 6 heteroatoms. The predicted molar refractivity (Wildman–Crippen MR) is 84.8 cm³/mol. The lowest BCUT2D eigenvalue weighted by Gasteiger charge is -2.17. The van der Waals surface area contributed by atoms with Crippen LogP contribution in [0.1, 0.15) is 32.0 Å². The largest absolute Gasteiger partial charge is 0.591 e. The Hall–Kier alpha value is -1.17. The van der Waals surface area contributed by atoms with Gasteiger partial charge in [0, 0.05) is 29.0 Å². The first-order chi connectivity index (χ1) is 9.29. The smallest absolute Gasteiger partial charge is 0.144 e. The summed E-state index contributed by atoms with van der Waals surface area (Å²) < 4.78 is 15.7. The van der Waals surface area contributed by atoms with Crippen molar-refractivity contribution in [3.63, 3.8) is 0 Å². The van der Waals surface area contributed by atoms with E-state index in [9.17, 15) is 4.55 Å². The maximum absolute atomic E-state index is 12.0. The van der Waals surface area contributed by atoms with Crippen molar-refractivity contribution in [2.45, 2.75) is 32.4 Å². The van der Waals surface area contributed by atoms with Gasteiger partial charge in [0.15, 0.2) is 0 Å². The van der Waals surface area contributed by atoms with Crippen LogP contribution in [0.25, 0.3) is 10.8 Å². The minimum Gasteiger partial charge on any atom is -0.591 e. The predicted octanol–water partition coefficient (Wildman–Crippen LogP) is 3.47. The molecule has 2 aromatic rings. The summed E-state index contributed by atoms with van der Waals surface area (Å²) in [5.41, 5.74) is 1.66. The quantitative estimate of drug-likeness (QED) is 0.485. The maximum Gasteiger partial charge on any atom is 0.144 e. The zero-order valence-electron chi connectivity index (χ0n) is 11.8. The van der Waals surface area contributed by atoms with E-state index in [1.165, 1.54) is 0 Å². The standard InChI is InChI=1S/C14H16ClN3OS/c1-9-12-8-17-13(15)5-11(12)10(6-16-9)7-18-20(19)14(2,3)4/h5-8H,1-4H3/t20-/m0/s1. The molecular formula is C14H16ClN3OS. The monoisotopic (exact) mass is 309 g/mol. The number of rotatable bonds is 2. The van der Waals surface area contributed by atoms with Crippen molar-refractivity contribution in [3.05, 3.63) is 34.9 Å². The molecule has 0 aliphatic rings. The summed E-state index contributed by atoms with van der Waals surface area (Å²) in [7, 11) is 0. The molecule has 0 spiro atoms. The first kappa shape index (κ1) is 15.2. The van der Waals surface area contributed by atoms with E-state index in [4.69, 9.17) is 11.6 Å². The molecule has 0 N–H and O–H groups in total. The first-order valence-corrected chi connectivity index (χ1v) is 7.64. The first-order valence-electron chi connectivity index (χ1n) is 6.16. The fourth-order valence-electron chi connectivity index (χ4n) is 1.63. The number of nitrogens with zero attached hydrogens (tertiary/aromatic N) is 3. The van der Waals surface area contributed by atoms with Crippen molar-refractivity contribution in [2.75, 3.05) is 0 Å². The molecule has 0 radical (unpaired) electrons. The van der Waals surface area contributed by atoms with Crippen molar-refractivity contribution in [1.82, 2.24) is 9.97 Å². The summed E-state index contributed by atoms with van der Waals surface area (Å²) >= 11 is 4.64. The summed E-state index contributed by atoms with van der Waals surface area (Å²) in [6.45, 7) is 7.55. The van der Waals surface area contributed by atoms with Gasteiger partial charge in [-0.25, -0.2) is 4.98 Å². The number of hydrogen-bond acceptors (Lipinski definition) is 4. The van der Waals surface area contributed by atoms with Crippen LogP contribution in [0.2, 0.25) is 5.15 Å². The average molecular weight is 310 g/mol. The molecule has 0 saturated heterocycles. The fourth-order valence-corrected chi connectivity index (χ4v) is 2.31. The highest BCUT2D eigenvalue weighted by molar-refractivity contribution is 7.91. The van der Waals surface area contributed by atoms with E-state index in [0.29, 0.717) is 5.15 Å². The van der Waals surface area contributed by atoms with E-state index in [1.54, 1.807) is 24.7 Å². The maximum atomic E-state index is 12.0. The van der Waals surface area contributed by atoms with Crippen LogP contribution in [0.5, 0.6) is 0 Å². The van der Waals surface area contributed by atoms with Gasteiger partial charge in [0.1, 0.15) is 21.3 Å². The number of pyridine rings is 2. The molecule has 1 atom stereocenters. The summed E-state index contributed by atoms with van der Waals surface area (Å²) in [6.07, 6.45) is 4.99. The molecule has 2 aromatic heterocycles. The van der Waals surface area contributed by atoms with E-state index in [1.807, 2.05) is 27.7 Å². The summed E-state index contributed by atoms with van der Waals surface area (Å²) in [4.78, 5) is 8.37. The van der Waals surface area contributed by atoms with Gasteiger partial charge in [-0.1, -0.05) is 16.0 Å². The Morgan fingerprint density at radius 2 is 1.95 bits per heavy atom. The van der Waals surface area contributed by atoms with Crippen LogP contribution in [-0.4, -0.2) is 25.5 Å². The molecule has 106 valence electrons. The van der Waals surface area contributed by atoms with Crippen LogP contribution in [-0.2, 0) is 11.4 Å². The Morgan fingerprint density at radius 1 is 1.25 bits per heavy atom. The molecule has 0 amide bonds. The highest BCUT2D eigenvalue weighted by Gasteiger charge is 2.25. The molecule has 0 aliphatic heterocycles. The number of aryl methyl sites for hydroxylation is 1. The Bertz CT molecular complexity index is 667. The van der Waals surface area contributed by atoms with Crippen molar-refractivity contribution in [3.8, 4) is 0 Å². The van der Waals surface area contributed by atoms with Crippen molar-refractivity contribution in [1.29, 1.82) is 0 Å². The fraction of sp³-hybridized carbons (Fsp3) is 0.357. The summed E-state index contributed by atoms with van der Waals surface area (Å²) in [5, 5.41) is 2.24. The zero-order valence-corrected chi connectivity index (χ0v) is 13.4. The van der Waals surface area contributed by atoms with Gasteiger partial charge >= 0.3 is 0 Å². The Labute approximate surface area is 126 Å². The molecule has 0 aromatic carbocycles. The molecule has 0 unspecified atom stereocenters. The van der Waals surface area contributed by atoms with Crippen molar-refractivity contribution in [2.24, 2.45) is 4.40 Å². The van der Waals surface area contributed by atoms with Gasteiger partial charge < -0.3 is 4.55 Å². The highest BCUT2D eigenvalue weighted by Crippen LogP contribution is 2.22. The molecule has 0 saturated carbocycles. The van der Waals surface area contributed by atoms with Crippen LogP contribution >= 0.6 is 11.6 Å². The normalized spacial score (nSPS) is 14.1. The van der Waals surface area contributed by atoms with E-state index < -0.39 is 11.4 Å². The van der Waals surface area contributed by atoms with Crippen LogP contribution in [0.4, 0.5) is 0 Å².